The van der Waals surface area contributed by atoms with Gasteiger partial charge in [0.2, 0.25) is 5.88 Å². The molecule has 0 bridgehead atoms. The molecule has 124 valence electrons. The molecule has 0 aliphatic carbocycles. The number of hydrogen-bond donors (Lipinski definition) is 1. The summed E-state index contributed by atoms with van der Waals surface area (Å²) >= 11 is 0. The molecule has 1 N–H and O–H groups in total. The van der Waals surface area contributed by atoms with E-state index in [-0.39, 0.29) is 24.0 Å². The smallest absolute Gasteiger partial charge is 0.212 e. The standard InChI is InChI=1S/C17H22N4O.HI/c1-18-17(21(2)13-14-7-5-4-6-8-14)20-12-15-9-10-16(22-3)19-11-15;/h4-11H,12-13H2,1-3H3,(H,18,20);1H. The molecule has 0 aliphatic heterocycles. The second-order valence-electron chi connectivity index (χ2n) is 4.95. The number of aromatic nitrogens is 1. The molecule has 0 amide bonds. The minimum absolute atomic E-state index is 0. The summed E-state index contributed by atoms with van der Waals surface area (Å²) in [5, 5.41) is 3.34. The number of methoxy groups -OCH3 is 1. The van der Waals surface area contributed by atoms with Gasteiger partial charge in [0.1, 0.15) is 0 Å². The molecule has 0 radical (unpaired) electrons. The number of ether oxygens (including phenoxy) is 1. The Morgan fingerprint density at radius 2 is 1.91 bits per heavy atom. The minimum atomic E-state index is 0. The number of rotatable bonds is 5. The zero-order valence-corrected chi connectivity index (χ0v) is 16.0. The molecule has 0 unspecified atom stereocenters. The van der Waals surface area contributed by atoms with Crippen molar-refractivity contribution in [2.24, 2.45) is 4.99 Å². The first-order valence-electron chi connectivity index (χ1n) is 7.17. The molecule has 0 fully saturated rings. The Morgan fingerprint density at radius 3 is 2.48 bits per heavy atom. The summed E-state index contributed by atoms with van der Waals surface area (Å²) < 4.78 is 5.06. The van der Waals surface area contributed by atoms with Crippen LogP contribution in [0.3, 0.4) is 0 Å². The van der Waals surface area contributed by atoms with Crippen LogP contribution >= 0.6 is 24.0 Å². The number of nitrogens with zero attached hydrogens (tertiary/aromatic N) is 3. The van der Waals surface area contributed by atoms with Crippen molar-refractivity contribution < 1.29 is 4.74 Å². The van der Waals surface area contributed by atoms with Crippen LogP contribution in [0, 0.1) is 0 Å². The molecule has 0 saturated carbocycles. The lowest BCUT2D eigenvalue weighted by Gasteiger charge is -2.22. The van der Waals surface area contributed by atoms with E-state index in [0.29, 0.717) is 12.4 Å². The number of guanidine groups is 1. The molecule has 0 aliphatic rings. The number of pyridine rings is 1. The van der Waals surface area contributed by atoms with Crippen molar-refractivity contribution in [1.82, 2.24) is 15.2 Å². The lowest BCUT2D eigenvalue weighted by atomic mass is 10.2. The summed E-state index contributed by atoms with van der Waals surface area (Å²) in [5.74, 6) is 1.47. The van der Waals surface area contributed by atoms with Crippen LogP contribution in [0.25, 0.3) is 0 Å². The average Bonchev–Trinajstić information content (AvgIpc) is 2.57. The Labute approximate surface area is 154 Å². The van der Waals surface area contributed by atoms with E-state index in [1.54, 1.807) is 20.4 Å². The van der Waals surface area contributed by atoms with E-state index in [2.05, 4.69) is 32.3 Å². The van der Waals surface area contributed by atoms with Gasteiger partial charge in [-0.25, -0.2) is 4.98 Å². The second-order valence-corrected chi connectivity index (χ2v) is 4.95. The predicted molar refractivity (Wildman–Crippen MR) is 104 cm³/mol. The summed E-state index contributed by atoms with van der Waals surface area (Å²) in [7, 11) is 5.42. The van der Waals surface area contributed by atoms with Crippen LogP contribution in [-0.2, 0) is 13.1 Å². The molecule has 0 atom stereocenters. The summed E-state index contributed by atoms with van der Waals surface area (Å²) in [6.45, 7) is 1.48. The molecule has 1 aromatic carbocycles. The normalized spacial score (nSPS) is 10.7. The van der Waals surface area contributed by atoms with Gasteiger partial charge in [0.05, 0.1) is 7.11 Å². The molecule has 5 nitrogen and oxygen atoms in total. The molecule has 2 rings (SSSR count). The zero-order chi connectivity index (χ0) is 15.8. The first-order valence-corrected chi connectivity index (χ1v) is 7.17. The molecule has 6 heteroatoms. The quantitative estimate of drug-likeness (QED) is 0.454. The zero-order valence-electron chi connectivity index (χ0n) is 13.7. The molecule has 1 aromatic heterocycles. The van der Waals surface area contributed by atoms with Crippen LogP contribution in [0.4, 0.5) is 0 Å². The van der Waals surface area contributed by atoms with Gasteiger partial charge in [-0.2, -0.15) is 0 Å². The van der Waals surface area contributed by atoms with Gasteiger partial charge in [0.25, 0.3) is 0 Å². The van der Waals surface area contributed by atoms with Gasteiger partial charge in [-0.05, 0) is 11.1 Å². The van der Waals surface area contributed by atoms with Crippen LogP contribution in [0.15, 0.2) is 53.7 Å². The highest BCUT2D eigenvalue weighted by Crippen LogP contribution is 2.07. The van der Waals surface area contributed by atoms with Crippen LogP contribution < -0.4 is 10.1 Å². The molecular weight excluding hydrogens is 403 g/mol. The number of aliphatic imine (C=N–C) groups is 1. The Bertz CT molecular complexity index is 602. The average molecular weight is 426 g/mol. The topological polar surface area (TPSA) is 49.8 Å². The van der Waals surface area contributed by atoms with Crippen LogP contribution in [0.5, 0.6) is 5.88 Å². The van der Waals surface area contributed by atoms with Crippen LogP contribution in [-0.4, -0.2) is 37.0 Å². The van der Waals surface area contributed by atoms with Crippen molar-refractivity contribution in [3.63, 3.8) is 0 Å². The first kappa shape index (κ1) is 19.2. The summed E-state index contributed by atoms with van der Waals surface area (Å²) in [6, 6.07) is 14.2. The van der Waals surface area contributed by atoms with Crippen molar-refractivity contribution in [2.75, 3.05) is 21.2 Å². The molecule has 2 aromatic rings. The van der Waals surface area contributed by atoms with Gasteiger partial charge >= 0.3 is 0 Å². The summed E-state index contributed by atoms with van der Waals surface area (Å²) in [6.07, 6.45) is 1.80. The number of nitrogens with one attached hydrogen (secondary N) is 1. The Morgan fingerprint density at radius 1 is 1.17 bits per heavy atom. The van der Waals surface area contributed by atoms with Crippen LogP contribution in [0.1, 0.15) is 11.1 Å². The molecule has 1 heterocycles. The fraction of sp³-hybridized carbons (Fsp3) is 0.294. The van der Waals surface area contributed by atoms with E-state index in [9.17, 15) is 0 Å². The Kier molecular flexibility index (Phi) is 8.39. The molecule has 23 heavy (non-hydrogen) atoms. The van der Waals surface area contributed by atoms with E-state index in [4.69, 9.17) is 4.74 Å². The van der Waals surface area contributed by atoms with E-state index < -0.39 is 0 Å². The van der Waals surface area contributed by atoms with E-state index >= 15 is 0 Å². The van der Waals surface area contributed by atoms with Gasteiger partial charge in [0, 0.05) is 39.4 Å². The third-order valence-electron chi connectivity index (χ3n) is 3.29. The van der Waals surface area contributed by atoms with Gasteiger partial charge in [0.15, 0.2) is 5.96 Å². The summed E-state index contributed by atoms with van der Waals surface area (Å²) in [5.41, 5.74) is 2.33. The fourth-order valence-electron chi connectivity index (χ4n) is 2.13. The highest BCUT2D eigenvalue weighted by Gasteiger charge is 2.06. The minimum Gasteiger partial charge on any atom is -0.481 e. The van der Waals surface area contributed by atoms with Crippen molar-refractivity contribution in [2.45, 2.75) is 13.1 Å². The van der Waals surface area contributed by atoms with Gasteiger partial charge in [-0.1, -0.05) is 36.4 Å². The van der Waals surface area contributed by atoms with E-state index in [0.717, 1.165) is 18.1 Å². The van der Waals surface area contributed by atoms with Crippen molar-refractivity contribution >= 4 is 29.9 Å². The number of hydrogen-bond acceptors (Lipinski definition) is 3. The van der Waals surface area contributed by atoms with Crippen molar-refractivity contribution in [3.05, 3.63) is 59.8 Å². The highest BCUT2D eigenvalue weighted by molar-refractivity contribution is 14.0. The van der Waals surface area contributed by atoms with Crippen molar-refractivity contribution in [1.29, 1.82) is 0 Å². The van der Waals surface area contributed by atoms with Gasteiger partial charge < -0.3 is 15.0 Å². The number of benzene rings is 1. The third kappa shape index (κ3) is 6.05. The molecule has 0 spiro atoms. The second kappa shape index (κ2) is 10.0. The number of halogens is 1. The lowest BCUT2D eigenvalue weighted by molar-refractivity contribution is 0.397. The van der Waals surface area contributed by atoms with Gasteiger partial charge in [-0.15, -0.1) is 24.0 Å². The van der Waals surface area contributed by atoms with Crippen LogP contribution in [0.2, 0.25) is 0 Å². The highest BCUT2D eigenvalue weighted by atomic mass is 127. The van der Waals surface area contributed by atoms with E-state index in [1.807, 2.05) is 37.4 Å². The molecule has 0 saturated heterocycles. The lowest BCUT2D eigenvalue weighted by Crippen LogP contribution is -2.38. The van der Waals surface area contributed by atoms with Crippen molar-refractivity contribution in [3.8, 4) is 5.88 Å². The largest absolute Gasteiger partial charge is 0.481 e. The first-order chi connectivity index (χ1) is 10.7. The fourth-order valence-corrected chi connectivity index (χ4v) is 2.13. The maximum absolute atomic E-state index is 5.06. The molecular formula is C17H23IN4O. The SMILES string of the molecule is CN=C(NCc1ccc(OC)nc1)N(C)Cc1ccccc1.I. The maximum atomic E-state index is 5.06. The third-order valence-corrected chi connectivity index (χ3v) is 3.29. The summed E-state index contributed by atoms with van der Waals surface area (Å²) in [4.78, 5) is 10.6. The van der Waals surface area contributed by atoms with Gasteiger partial charge in [-0.3, -0.25) is 4.99 Å². The monoisotopic (exact) mass is 426 g/mol. The Hall–Kier alpha value is -1.83. The predicted octanol–water partition coefficient (Wildman–Crippen LogP) is 2.92. The van der Waals surface area contributed by atoms with E-state index in [1.165, 1.54) is 5.56 Å². The maximum Gasteiger partial charge on any atom is 0.212 e. The Balaban J connectivity index is 0.00000264.